The quantitative estimate of drug-likeness (QED) is 0.631. The largest absolute Gasteiger partial charge is 0.360 e. The molecule has 0 atom stereocenters. The van der Waals surface area contributed by atoms with E-state index in [1.165, 1.54) is 5.56 Å². The molecule has 1 heterocycles. The summed E-state index contributed by atoms with van der Waals surface area (Å²) in [6.45, 7) is 4.04. The molecule has 0 aliphatic heterocycles. The second-order valence-corrected chi connectivity index (χ2v) is 4.54. The highest BCUT2D eigenvalue weighted by Crippen LogP contribution is 2.21. The van der Waals surface area contributed by atoms with Crippen molar-refractivity contribution < 1.29 is 33.3 Å². The number of benzene rings is 1. The first kappa shape index (κ1) is 15.6. The normalized spacial score (nSPS) is 10.6. The first-order valence-electron chi connectivity index (χ1n) is 5.35. The fraction of sp³-hybridized carbons (Fsp3) is 0.154. The van der Waals surface area contributed by atoms with E-state index in [0.717, 1.165) is 17.1 Å². The average Bonchev–Trinajstić information content (AvgIpc) is 2.32. The van der Waals surface area contributed by atoms with Gasteiger partial charge < -0.3 is 0 Å². The molecule has 19 heavy (non-hydrogen) atoms. The van der Waals surface area contributed by atoms with Gasteiger partial charge in [0.15, 0.2) is 0 Å². The number of rotatable bonds is 1. The summed E-state index contributed by atoms with van der Waals surface area (Å²) >= 11 is 0. The lowest BCUT2D eigenvalue weighted by molar-refractivity contribution is -2.00. The van der Waals surface area contributed by atoms with Crippen molar-refractivity contribution in [3.8, 4) is 11.3 Å². The molecule has 6 heteroatoms. The Bertz CT molecular complexity index is 516. The topological polar surface area (TPSA) is 104 Å². The molecule has 2 aromatic rings. The van der Waals surface area contributed by atoms with Gasteiger partial charge in [0.05, 0.1) is 12.5 Å². The van der Waals surface area contributed by atoms with Crippen LogP contribution in [0.4, 0.5) is 0 Å². The fourth-order valence-corrected chi connectivity index (χ4v) is 1.36. The molecule has 102 valence electrons. The second kappa shape index (κ2) is 6.60. The highest BCUT2D eigenvalue weighted by atomic mass is 35.7. The summed E-state index contributed by atoms with van der Waals surface area (Å²) in [5.41, 5.74) is 2.31. The van der Waals surface area contributed by atoms with E-state index in [9.17, 15) is 0 Å². The van der Waals surface area contributed by atoms with Gasteiger partial charge in [-0.05, 0) is 25.1 Å². The highest BCUT2D eigenvalue weighted by Gasteiger charge is 2.13. The van der Waals surface area contributed by atoms with Gasteiger partial charge in [0.1, 0.15) is 0 Å². The first-order chi connectivity index (χ1) is 8.77. The van der Waals surface area contributed by atoms with E-state index in [1.807, 2.05) is 50.2 Å². The maximum atomic E-state index is 8.49. The van der Waals surface area contributed by atoms with Crippen LogP contribution in [0.25, 0.3) is 11.3 Å². The summed E-state index contributed by atoms with van der Waals surface area (Å²) in [6.07, 6.45) is 0. The Morgan fingerprint density at radius 2 is 1.37 bits per heavy atom. The Morgan fingerprint density at radius 3 is 1.84 bits per heavy atom. The molecular formula is C13H13ClO5. The van der Waals surface area contributed by atoms with Crippen LogP contribution >= 0.6 is 0 Å². The molecule has 1 aromatic carbocycles. The van der Waals surface area contributed by atoms with Gasteiger partial charge >= 0.3 is 11.5 Å². The first-order valence-corrected chi connectivity index (χ1v) is 6.58. The van der Waals surface area contributed by atoms with Gasteiger partial charge in [-0.25, -0.2) is 23.1 Å². The van der Waals surface area contributed by atoms with Crippen LogP contribution in [-0.2, 0) is 0 Å². The average molecular weight is 285 g/mol. The molecule has 0 radical (unpaired) electrons. The molecule has 0 spiro atoms. The highest BCUT2D eigenvalue weighted by molar-refractivity contribution is 5.56. The van der Waals surface area contributed by atoms with E-state index in [0.29, 0.717) is 0 Å². The second-order valence-electron chi connectivity index (χ2n) is 3.78. The molecule has 2 rings (SSSR count). The van der Waals surface area contributed by atoms with Crippen molar-refractivity contribution in [3.63, 3.8) is 0 Å². The van der Waals surface area contributed by atoms with Gasteiger partial charge in [0, 0.05) is 11.6 Å². The Balaban J connectivity index is 0.000000312. The van der Waals surface area contributed by atoms with Crippen LogP contribution in [0.3, 0.4) is 0 Å². The monoisotopic (exact) mass is 284 g/mol. The molecule has 0 saturated heterocycles. The zero-order valence-corrected chi connectivity index (χ0v) is 11.2. The smallest absolute Gasteiger partial charge is 0.222 e. The molecule has 0 fully saturated rings. The number of aryl methyl sites for hydroxylation is 2. The predicted octanol–water partition coefficient (Wildman–Crippen LogP) is -0.911. The molecule has 0 saturated carbocycles. The standard InChI is InChI=1S/C13H13O.ClHO4/c1-10-8-9-13(14-11(10)2)12-6-4-3-5-7-12;2-1(3,4)5/h3-9H,1-2H3;(H,2,3,4,5)/q+1;/p-1. The Kier molecular flexibility index (Phi) is 5.41. The van der Waals surface area contributed by atoms with Crippen molar-refractivity contribution in [1.29, 1.82) is 0 Å². The zero-order valence-electron chi connectivity index (χ0n) is 10.5. The number of hydrogen-bond acceptors (Lipinski definition) is 4. The van der Waals surface area contributed by atoms with Crippen LogP contribution < -0.4 is 18.6 Å². The lowest BCUT2D eigenvalue weighted by Gasteiger charge is -2.17. The molecule has 0 N–H and O–H groups in total. The molecule has 0 aliphatic carbocycles. The third kappa shape index (κ3) is 6.28. The summed E-state index contributed by atoms with van der Waals surface area (Å²) in [6, 6.07) is 14.2. The molecule has 0 aliphatic rings. The summed E-state index contributed by atoms with van der Waals surface area (Å²) < 4.78 is 39.7. The van der Waals surface area contributed by atoms with Crippen LogP contribution in [0.5, 0.6) is 0 Å². The molecule has 5 nitrogen and oxygen atoms in total. The van der Waals surface area contributed by atoms with Crippen LogP contribution in [0.1, 0.15) is 11.3 Å². The lowest BCUT2D eigenvalue weighted by Crippen LogP contribution is -2.68. The third-order valence-electron chi connectivity index (χ3n) is 2.36. The van der Waals surface area contributed by atoms with Crippen LogP contribution in [0.15, 0.2) is 46.9 Å². The summed E-state index contributed by atoms with van der Waals surface area (Å²) in [5, 5.41) is 0. The molecule has 0 amide bonds. The minimum Gasteiger partial charge on any atom is -0.222 e. The van der Waals surface area contributed by atoms with Gasteiger partial charge in [-0.1, -0.05) is 18.2 Å². The van der Waals surface area contributed by atoms with Crippen LogP contribution in [0, 0.1) is 24.1 Å². The van der Waals surface area contributed by atoms with Gasteiger partial charge in [0.2, 0.25) is 0 Å². The summed E-state index contributed by atoms with van der Waals surface area (Å²) in [4.78, 5) is 0. The fourth-order valence-electron chi connectivity index (χ4n) is 1.36. The van der Waals surface area contributed by atoms with Gasteiger partial charge in [-0.15, -0.1) is 10.2 Å². The molecule has 0 bridgehead atoms. The Morgan fingerprint density at radius 1 is 0.842 bits per heavy atom. The van der Waals surface area contributed by atoms with E-state index in [1.54, 1.807) is 0 Å². The molecular weight excluding hydrogens is 272 g/mol. The Labute approximate surface area is 113 Å². The van der Waals surface area contributed by atoms with Crippen molar-refractivity contribution in [1.82, 2.24) is 0 Å². The SMILES string of the molecule is Cc1ccc(-c2ccccc2)[o+]c1C.[O-][Cl+3]([O-])([O-])[O-]. The third-order valence-corrected chi connectivity index (χ3v) is 2.36. The van der Waals surface area contributed by atoms with Crippen molar-refractivity contribution in [2.75, 3.05) is 0 Å². The lowest BCUT2D eigenvalue weighted by atomic mass is 10.1. The summed E-state index contributed by atoms with van der Waals surface area (Å²) in [5.74, 6) is 1.90. The maximum Gasteiger partial charge on any atom is 0.360 e. The van der Waals surface area contributed by atoms with Gasteiger partial charge in [0.25, 0.3) is 0 Å². The van der Waals surface area contributed by atoms with Crippen molar-refractivity contribution in [3.05, 3.63) is 53.8 Å². The van der Waals surface area contributed by atoms with E-state index >= 15 is 0 Å². The van der Waals surface area contributed by atoms with E-state index < -0.39 is 10.2 Å². The van der Waals surface area contributed by atoms with E-state index in [2.05, 4.69) is 6.07 Å². The van der Waals surface area contributed by atoms with Crippen LogP contribution in [0.2, 0.25) is 0 Å². The van der Waals surface area contributed by atoms with Crippen molar-refractivity contribution in [2.24, 2.45) is 0 Å². The minimum atomic E-state index is -4.94. The zero-order chi connectivity index (χ0) is 14.5. The van der Waals surface area contributed by atoms with E-state index in [-0.39, 0.29) is 0 Å². The van der Waals surface area contributed by atoms with Crippen molar-refractivity contribution in [2.45, 2.75) is 13.8 Å². The molecule has 0 unspecified atom stereocenters. The Hall–Kier alpha value is -1.50. The number of hydrogen-bond donors (Lipinski definition) is 0. The number of halogens is 1. The van der Waals surface area contributed by atoms with E-state index in [4.69, 9.17) is 23.1 Å². The molecule has 1 aromatic heterocycles. The predicted molar refractivity (Wildman–Crippen MR) is 58.0 cm³/mol. The summed E-state index contributed by atoms with van der Waals surface area (Å²) in [7, 11) is -4.94. The van der Waals surface area contributed by atoms with Crippen molar-refractivity contribution >= 4 is 0 Å². The van der Waals surface area contributed by atoms with Gasteiger partial charge in [-0.2, -0.15) is 0 Å². The minimum absolute atomic E-state index is 0.925. The van der Waals surface area contributed by atoms with Gasteiger partial charge in [-0.3, -0.25) is 0 Å². The maximum absolute atomic E-state index is 8.49. The van der Waals surface area contributed by atoms with Crippen LogP contribution in [-0.4, -0.2) is 0 Å².